The average Bonchev–Trinajstić information content (AvgIpc) is 2.64. The molecule has 0 amide bonds. The van der Waals surface area contributed by atoms with Gasteiger partial charge in [-0.3, -0.25) is 9.03 Å². The average molecular weight is 445 g/mol. The molecular weight excluding hydrogens is 424 g/mol. The van der Waals surface area contributed by atoms with E-state index in [0.717, 1.165) is 5.56 Å². The summed E-state index contributed by atoms with van der Waals surface area (Å²) in [5.41, 5.74) is 1.41. The minimum Gasteiger partial charge on any atom is -0.495 e. The molecule has 3 rings (SSSR count). The van der Waals surface area contributed by atoms with E-state index in [4.69, 9.17) is 16.3 Å². The second-order valence-corrected chi connectivity index (χ2v) is 10.6. The first-order chi connectivity index (χ1) is 13.1. The van der Waals surface area contributed by atoms with Crippen LogP contribution in [0.25, 0.3) is 0 Å². The van der Waals surface area contributed by atoms with Crippen molar-refractivity contribution in [2.24, 2.45) is 0 Å². The van der Waals surface area contributed by atoms with Crippen LogP contribution in [0.5, 0.6) is 5.75 Å². The Morgan fingerprint density at radius 1 is 1.14 bits per heavy atom. The van der Waals surface area contributed by atoms with E-state index in [2.05, 4.69) is 4.72 Å². The third-order valence-corrected chi connectivity index (χ3v) is 8.18. The van der Waals surface area contributed by atoms with Crippen LogP contribution in [0.2, 0.25) is 5.02 Å². The van der Waals surface area contributed by atoms with E-state index < -0.39 is 20.0 Å². The Balaban J connectivity index is 2.02. The van der Waals surface area contributed by atoms with Gasteiger partial charge in [0.1, 0.15) is 10.6 Å². The first-order valence-corrected chi connectivity index (χ1v) is 12.1. The minimum absolute atomic E-state index is 0.0429. The number of aryl methyl sites for hydroxylation is 1. The molecule has 152 valence electrons. The van der Waals surface area contributed by atoms with Gasteiger partial charge in [0, 0.05) is 11.6 Å². The molecule has 1 aliphatic heterocycles. The smallest absolute Gasteiger partial charge is 0.265 e. The van der Waals surface area contributed by atoms with Gasteiger partial charge in [0.25, 0.3) is 10.0 Å². The number of nitrogens with one attached hydrogen (secondary N) is 1. The van der Waals surface area contributed by atoms with E-state index in [1.165, 1.54) is 29.6 Å². The summed E-state index contributed by atoms with van der Waals surface area (Å²) >= 11 is 6.07. The topological polar surface area (TPSA) is 92.8 Å². The van der Waals surface area contributed by atoms with Crippen molar-refractivity contribution in [3.8, 4) is 5.75 Å². The lowest BCUT2D eigenvalue weighted by Gasteiger charge is -2.28. The van der Waals surface area contributed by atoms with Crippen molar-refractivity contribution in [3.05, 3.63) is 47.0 Å². The number of anilines is 2. The van der Waals surface area contributed by atoms with Gasteiger partial charge in [-0.15, -0.1) is 0 Å². The highest BCUT2D eigenvalue weighted by Gasteiger charge is 2.28. The number of benzene rings is 2. The van der Waals surface area contributed by atoms with Crippen molar-refractivity contribution < 1.29 is 21.6 Å². The number of nitrogens with zero attached hydrogens (tertiary/aromatic N) is 1. The van der Waals surface area contributed by atoms with Gasteiger partial charge in [0.2, 0.25) is 10.0 Å². The van der Waals surface area contributed by atoms with Crippen LogP contribution in [0.3, 0.4) is 0 Å². The van der Waals surface area contributed by atoms with E-state index in [1.807, 2.05) is 6.92 Å². The van der Waals surface area contributed by atoms with Crippen LogP contribution < -0.4 is 13.8 Å². The van der Waals surface area contributed by atoms with Gasteiger partial charge in [0.05, 0.1) is 24.2 Å². The summed E-state index contributed by atoms with van der Waals surface area (Å²) in [5.74, 6) is 0.158. The summed E-state index contributed by atoms with van der Waals surface area (Å²) in [5, 5.41) is 0.431. The van der Waals surface area contributed by atoms with E-state index >= 15 is 0 Å². The number of methoxy groups -OCH3 is 1. The Kier molecular flexibility index (Phi) is 5.79. The number of ether oxygens (including phenoxy) is 1. The van der Waals surface area contributed by atoms with Gasteiger partial charge in [-0.1, -0.05) is 17.7 Å². The SMILES string of the molecule is COc1ccc(N2CCCCS2(=O)=O)cc1S(=O)(=O)Nc1ccc(C)c(Cl)c1. The van der Waals surface area contributed by atoms with Gasteiger partial charge in [-0.05, 0) is 55.7 Å². The maximum absolute atomic E-state index is 13.0. The van der Waals surface area contributed by atoms with Crippen molar-refractivity contribution >= 4 is 43.0 Å². The lowest BCUT2D eigenvalue weighted by Crippen LogP contribution is -2.37. The highest BCUT2D eigenvalue weighted by atomic mass is 35.5. The standard InChI is InChI=1S/C18H21ClN2O5S2/c1-13-5-6-14(11-16(13)19)20-28(24,25)18-12-15(7-8-17(18)26-2)21-9-3-4-10-27(21,22)23/h5-8,11-12,20H,3-4,9-10H2,1-2H3. The van der Waals surface area contributed by atoms with Crippen LogP contribution in [-0.2, 0) is 20.0 Å². The number of hydrogen-bond acceptors (Lipinski definition) is 5. The molecule has 0 radical (unpaired) electrons. The minimum atomic E-state index is -4.04. The quantitative estimate of drug-likeness (QED) is 0.763. The molecule has 1 heterocycles. The fraction of sp³-hybridized carbons (Fsp3) is 0.333. The molecule has 1 fully saturated rings. The van der Waals surface area contributed by atoms with Crippen molar-refractivity contribution in [1.82, 2.24) is 0 Å². The summed E-state index contributed by atoms with van der Waals surface area (Å²) < 4.78 is 59.6. The van der Waals surface area contributed by atoms with Crippen LogP contribution in [0.4, 0.5) is 11.4 Å². The van der Waals surface area contributed by atoms with Crippen LogP contribution in [0, 0.1) is 6.92 Å². The molecule has 1 saturated heterocycles. The van der Waals surface area contributed by atoms with Gasteiger partial charge in [-0.2, -0.15) is 0 Å². The molecule has 2 aromatic carbocycles. The Morgan fingerprint density at radius 3 is 2.54 bits per heavy atom. The fourth-order valence-corrected chi connectivity index (χ4v) is 6.03. The maximum atomic E-state index is 13.0. The zero-order valence-corrected chi connectivity index (χ0v) is 17.9. The lowest BCUT2D eigenvalue weighted by atomic mass is 10.2. The first kappa shape index (κ1) is 20.8. The van der Waals surface area contributed by atoms with Gasteiger partial charge >= 0.3 is 0 Å². The summed E-state index contributed by atoms with van der Waals surface area (Å²) in [4.78, 5) is -0.148. The zero-order valence-electron chi connectivity index (χ0n) is 15.5. The van der Waals surface area contributed by atoms with Crippen molar-refractivity contribution in [1.29, 1.82) is 0 Å². The summed E-state index contributed by atoms with van der Waals surface area (Å²) in [6.45, 7) is 2.13. The van der Waals surface area contributed by atoms with Crippen LogP contribution in [0.1, 0.15) is 18.4 Å². The first-order valence-electron chi connectivity index (χ1n) is 8.61. The van der Waals surface area contributed by atoms with Gasteiger partial charge < -0.3 is 4.74 Å². The molecule has 0 aromatic heterocycles. The van der Waals surface area contributed by atoms with Crippen LogP contribution >= 0.6 is 11.6 Å². The van der Waals surface area contributed by atoms with Gasteiger partial charge in [0.15, 0.2) is 0 Å². The molecule has 1 N–H and O–H groups in total. The monoisotopic (exact) mass is 444 g/mol. The summed E-state index contributed by atoms with van der Waals surface area (Å²) in [7, 11) is -6.15. The molecular formula is C18H21ClN2O5S2. The molecule has 28 heavy (non-hydrogen) atoms. The van der Waals surface area contributed by atoms with E-state index in [1.54, 1.807) is 18.2 Å². The normalized spacial score (nSPS) is 16.6. The molecule has 1 aliphatic rings. The second-order valence-electron chi connectivity index (χ2n) is 6.50. The lowest BCUT2D eigenvalue weighted by molar-refractivity contribution is 0.403. The van der Waals surface area contributed by atoms with Crippen LogP contribution in [0.15, 0.2) is 41.3 Å². The molecule has 10 heteroatoms. The Hall–Kier alpha value is -1.97. The Bertz CT molecular complexity index is 1100. The Morgan fingerprint density at radius 2 is 1.89 bits per heavy atom. The molecule has 7 nitrogen and oxygen atoms in total. The second kappa shape index (κ2) is 7.81. The van der Waals surface area contributed by atoms with Gasteiger partial charge in [-0.25, -0.2) is 16.8 Å². The predicted octanol–water partition coefficient (Wildman–Crippen LogP) is 3.39. The molecule has 0 spiro atoms. The number of hydrogen-bond donors (Lipinski definition) is 1. The number of rotatable bonds is 5. The number of halogens is 1. The van der Waals surface area contributed by atoms with E-state index in [9.17, 15) is 16.8 Å². The van der Waals surface area contributed by atoms with E-state index in [-0.39, 0.29) is 16.4 Å². The Labute approximate surface area is 170 Å². The summed E-state index contributed by atoms with van der Waals surface area (Å²) in [6.07, 6.45) is 1.31. The number of sulfonamides is 2. The van der Waals surface area contributed by atoms with Crippen LogP contribution in [-0.4, -0.2) is 36.2 Å². The highest BCUT2D eigenvalue weighted by Crippen LogP contribution is 2.33. The zero-order chi connectivity index (χ0) is 20.5. The molecule has 2 aromatic rings. The van der Waals surface area contributed by atoms with E-state index in [0.29, 0.717) is 35.8 Å². The maximum Gasteiger partial charge on any atom is 0.265 e. The molecule has 0 saturated carbocycles. The van der Waals surface area contributed by atoms with Crippen molar-refractivity contribution in [3.63, 3.8) is 0 Å². The summed E-state index contributed by atoms with van der Waals surface area (Å²) in [6, 6.07) is 9.14. The fourth-order valence-electron chi connectivity index (χ4n) is 2.98. The molecule has 0 aliphatic carbocycles. The third-order valence-electron chi connectivity index (χ3n) is 4.50. The molecule has 0 bridgehead atoms. The van der Waals surface area contributed by atoms with Crippen molar-refractivity contribution in [2.45, 2.75) is 24.7 Å². The third kappa shape index (κ3) is 4.21. The molecule has 0 atom stereocenters. The van der Waals surface area contributed by atoms with Crippen molar-refractivity contribution in [2.75, 3.05) is 28.4 Å². The molecule has 0 unspecified atom stereocenters. The predicted molar refractivity (Wildman–Crippen MR) is 110 cm³/mol. The largest absolute Gasteiger partial charge is 0.495 e. The highest BCUT2D eigenvalue weighted by molar-refractivity contribution is 7.93.